The number of aromatic nitrogens is 2. The number of hydrogen-bond acceptors (Lipinski definition) is 6. The molecule has 2 aromatic carbocycles. The van der Waals surface area contributed by atoms with E-state index in [0.29, 0.717) is 6.54 Å². The number of sulfonamides is 1. The van der Waals surface area contributed by atoms with E-state index in [4.69, 9.17) is 4.74 Å². The number of hydrogen-bond donors (Lipinski definition) is 2. The van der Waals surface area contributed by atoms with E-state index in [0.717, 1.165) is 28.8 Å². The number of nitrogens with one attached hydrogen (secondary N) is 2. The number of carbonyl (C=O) groups is 2. The number of ether oxygens (including phenoxy) is 1. The van der Waals surface area contributed by atoms with E-state index >= 15 is 0 Å². The maximum Gasteiger partial charge on any atom is 0.340 e. The van der Waals surface area contributed by atoms with E-state index in [1.54, 1.807) is 12.1 Å². The Labute approximate surface area is 192 Å². The van der Waals surface area contributed by atoms with Gasteiger partial charge in [-0.15, -0.1) is 0 Å². The molecule has 0 aliphatic heterocycles. The largest absolute Gasteiger partial charge is 0.452 e. The van der Waals surface area contributed by atoms with Gasteiger partial charge < -0.3 is 10.1 Å². The maximum atomic E-state index is 12.4. The van der Waals surface area contributed by atoms with Crippen molar-refractivity contribution in [2.75, 3.05) is 17.6 Å². The van der Waals surface area contributed by atoms with Gasteiger partial charge in [-0.3, -0.25) is 14.2 Å². The van der Waals surface area contributed by atoms with E-state index in [9.17, 15) is 18.0 Å². The summed E-state index contributed by atoms with van der Waals surface area (Å²) < 4.78 is 32.2. The van der Waals surface area contributed by atoms with Crippen LogP contribution in [0.1, 0.15) is 32.9 Å². The Morgan fingerprint density at radius 2 is 1.70 bits per heavy atom. The molecule has 3 aromatic rings. The molecule has 9 nitrogen and oxygen atoms in total. The first-order valence-corrected chi connectivity index (χ1v) is 12.1. The Hall–Kier alpha value is -3.66. The minimum Gasteiger partial charge on any atom is -0.452 e. The van der Waals surface area contributed by atoms with Crippen molar-refractivity contribution < 1.29 is 22.7 Å². The smallest absolute Gasteiger partial charge is 0.340 e. The normalized spacial score (nSPS) is 11.1. The summed E-state index contributed by atoms with van der Waals surface area (Å²) in [4.78, 5) is 24.6. The molecule has 0 aliphatic rings. The number of para-hydroxylation sites is 1. The van der Waals surface area contributed by atoms with Crippen LogP contribution in [0, 0.1) is 13.8 Å². The van der Waals surface area contributed by atoms with Crippen LogP contribution in [0.4, 0.5) is 5.69 Å². The van der Waals surface area contributed by atoms with Gasteiger partial charge >= 0.3 is 5.97 Å². The SMILES string of the molecule is Cc1nn(Cc2ccccc2)c(C)c1CNC(=O)COC(=O)c1ccccc1NS(C)(=O)=O. The van der Waals surface area contributed by atoms with E-state index in [2.05, 4.69) is 15.1 Å². The molecular formula is C23H26N4O5S. The first-order valence-electron chi connectivity index (χ1n) is 10.2. The molecule has 0 fully saturated rings. The maximum absolute atomic E-state index is 12.4. The van der Waals surface area contributed by atoms with Gasteiger partial charge in [0.05, 0.1) is 29.7 Å². The highest BCUT2D eigenvalue weighted by molar-refractivity contribution is 7.92. The van der Waals surface area contributed by atoms with Gasteiger partial charge in [0, 0.05) is 17.8 Å². The predicted octanol–water partition coefficient (Wildman–Crippen LogP) is 2.39. The molecule has 0 aliphatic carbocycles. The van der Waals surface area contributed by atoms with Crippen LogP contribution < -0.4 is 10.0 Å². The topological polar surface area (TPSA) is 119 Å². The van der Waals surface area contributed by atoms with Gasteiger partial charge in [0.1, 0.15) is 0 Å². The average Bonchev–Trinajstić information content (AvgIpc) is 3.03. The van der Waals surface area contributed by atoms with Crippen molar-refractivity contribution in [3.63, 3.8) is 0 Å². The van der Waals surface area contributed by atoms with Crippen molar-refractivity contribution in [1.82, 2.24) is 15.1 Å². The van der Waals surface area contributed by atoms with Crippen LogP contribution in [0.25, 0.3) is 0 Å². The molecule has 0 spiro atoms. The highest BCUT2D eigenvalue weighted by atomic mass is 32.2. The lowest BCUT2D eigenvalue weighted by molar-refractivity contribution is -0.124. The summed E-state index contributed by atoms with van der Waals surface area (Å²) in [5, 5.41) is 7.30. The molecule has 0 unspecified atom stereocenters. The van der Waals surface area contributed by atoms with Crippen LogP contribution in [0.2, 0.25) is 0 Å². The molecule has 1 heterocycles. The second-order valence-electron chi connectivity index (χ2n) is 7.57. The van der Waals surface area contributed by atoms with E-state index in [-0.39, 0.29) is 17.8 Å². The van der Waals surface area contributed by atoms with E-state index in [1.807, 2.05) is 48.9 Å². The minimum absolute atomic E-state index is 0.0182. The highest BCUT2D eigenvalue weighted by Crippen LogP contribution is 2.18. The zero-order chi connectivity index (χ0) is 24.0. The van der Waals surface area contributed by atoms with Gasteiger partial charge in [-0.05, 0) is 31.5 Å². The highest BCUT2D eigenvalue weighted by Gasteiger charge is 2.17. The van der Waals surface area contributed by atoms with Crippen LogP contribution in [0.15, 0.2) is 54.6 Å². The molecular weight excluding hydrogens is 444 g/mol. The fraction of sp³-hybridized carbons (Fsp3) is 0.261. The summed E-state index contributed by atoms with van der Waals surface area (Å²) in [7, 11) is -3.57. The summed E-state index contributed by atoms with van der Waals surface area (Å²) in [6, 6.07) is 16.0. The van der Waals surface area contributed by atoms with Gasteiger partial charge in [0.25, 0.3) is 5.91 Å². The standard InChI is InChI=1S/C23H26N4O5S/c1-16-20(17(2)27(25-16)14-18-9-5-4-6-10-18)13-24-22(28)15-32-23(29)19-11-7-8-12-21(19)26-33(3,30)31/h4-12,26H,13-15H2,1-3H3,(H,24,28). The lowest BCUT2D eigenvalue weighted by atomic mass is 10.2. The van der Waals surface area contributed by atoms with Gasteiger partial charge in [0.2, 0.25) is 10.0 Å². The number of aryl methyl sites for hydroxylation is 1. The number of benzene rings is 2. The van der Waals surface area contributed by atoms with Gasteiger partial charge in [0.15, 0.2) is 6.61 Å². The van der Waals surface area contributed by atoms with Crippen molar-refractivity contribution in [3.8, 4) is 0 Å². The van der Waals surface area contributed by atoms with E-state index in [1.165, 1.54) is 12.1 Å². The monoisotopic (exact) mass is 470 g/mol. The summed E-state index contributed by atoms with van der Waals surface area (Å²) in [5.41, 5.74) is 3.87. The lowest BCUT2D eigenvalue weighted by Gasteiger charge is -2.11. The summed E-state index contributed by atoms with van der Waals surface area (Å²) in [5.74, 6) is -1.29. The summed E-state index contributed by atoms with van der Waals surface area (Å²) in [6.45, 7) is 4.19. The Kier molecular flexibility index (Phi) is 7.49. The van der Waals surface area contributed by atoms with E-state index < -0.39 is 28.5 Å². The predicted molar refractivity (Wildman–Crippen MR) is 124 cm³/mol. The van der Waals surface area contributed by atoms with Crippen molar-refractivity contribution in [1.29, 1.82) is 0 Å². The third kappa shape index (κ3) is 6.66. The number of nitrogens with zero attached hydrogens (tertiary/aromatic N) is 2. The Bertz CT molecular complexity index is 1250. The third-order valence-electron chi connectivity index (χ3n) is 4.95. The minimum atomic E-state index is -3.57. The lowest BCUT2D eigenvalue weighted by Crippen LogP contribution is -2.29. The number of esters is 1. The molecule has 0 radical (unpaired) electrons. The van der Waals surface area contributed by atoms with Crippen molar-refractivity contribution in [3.05, 3.63) is 82.7 Å². The fourth-order valence-electron chi connectivity index (χ4n) is 3.30. The number of anilines is 1. The molecule has 10 heteroatoms. The van der Waals surface area contributed by atoms with Crippen LogP contribution >= 0.6 is 0 Å². The first-order chi connectivity index (χ1) is 15.6. The molecule has 174 valence electrons. The van der Waals surface area contributed by atoms with Crippen LogP contribution in [0.3, 0.4) is 0 Å². The molecule has 3 rings (SSSR count). The van der Waals surface area contributed by atoms with Gasteiger partial charge in [-0.1, -0.05) is 42.5 Å². The molecule has 0 saturated carbocycles. The van der Waals surface area contributed by atoms with Gasteiger partial charge in [-0.25, -0.2) is 13.2 Å². The molecule has 0 saturated heterocycles. The Morgan fingerprint density at radius 3 is 2.39 bits per heavy atom. The van der Waals surface area contributed by atoms with Crippen LogP contribution in [-0.4, -0.2) is 42.9 Å². The molecule has 1 aromatic heterocycles. The second kappa shape index (κ2) is 10.3. The van der Waals surface area contributed by atoms with Gasteiger partial charge in [-0.2, -0.15) is 5.10 Å². The Balaban J connectivity index is 1.57. The number of carbonyl (C=O) groups excluding carboxylic acids is 2. The number of rotatable bonds is 9. The summed E-state index contributed by atoms with van der Waals surface area (Å²) >= 11 is 0. The Morgan fingerprint density at radius 1 is 1.03 bits per heavy atom. The van der Waals surface area contributed by atoms with Crippen molar-refractivity contribution >= 4 is 27.6 Å². The zero-order valence-electron chi connectivity index (χ0n) is 18.7. The summed E-state index contributed by atoms with van der Waals surface area (Å²) in [6.07, 6.45) is 0.981. The molecule has 0 atom stereocenters. The van der Waals surface area contributed by atoms with Crippen LogP contribution in [0.5, 0.6) is 0 Å². The second-order valence-corrected chi connectivity index (χ2v) is 9.31. The zero-order valence-corrected chi connectivity index (χ0v) is 19.5. The molecule has 0 bridgehead atoms. The van der Waals surface area contributed by atoms with Crippen molar-refractivity contribution in [2.24, 2.45) is 0 Å². The quantitative estimate of drug-likeness (QED) is 0.464. The fourth-order valence-corrected chi connectivity index (χ4v) is 3.87. The first kappa shape index (κ1) is 24.0. The third-order valence-corrected chi connectivity index (χ3v) is 5.54. The molecule has 33 heavy (non-hydrogen) atoms. The number of amides is 1. The molecule has 2 N–H and O–H groups in total. The van der Waals surface area contributed by atoms with Crippen LogP contribution in [-0.2, 0) is 32.6 Å². The van der Waals surface area contributed by atoms with Crippen molar-refractivity contribution in [2.45, 2.75) is 26.9 Å². The molecule has 1 amide bonds. The average molecular weight is 471 g/mol.